The molecule has 0 spiro atoms. The second-order valence-corrected chi connectivity index (χ2v) is 4.85. The van der Waals surface area contributed by atoms with Crippen LogP contribution in [0.1, 0.15) is 31.3 Å². The molecule has 0 radical (unpaired) electrons. The first-order chi connectivity index (χ1) is 11.8. The molecule has 0 atom stereocenters. The number of imide groups is 1. The third-order valence-electron chi connectivity index (χ3n) is 3.09. The largest absolute Gasteiger partial charge is 0.455 e. The molecule has 0 aliphatic carbocycles. The van der Waals surface area contributed by atoms with Crippen LogP contribution < -0.4 is 4.74 Å². The van der Waals surface area contributed by atoms with Gasteiger partial charge in [0.25, 0.3) is 17.8 Å². The maximum absolute atomic E-state index is 12.1. The molecule has 2 aromatic rings. The molecule has 0 fully saturated rings. The Morgan fingerprint density at radius 1 is 1.04 bits per heavy atom. The average Bonchev–Trinajstić information content (AvgIpc) is 3.12. The number of carbonyl (C=O) groups excluding carboxylic acids is 3. The van der Waals surface area contributed by atoms with Crippen LogP contribution in [0, 0.1) is 0 Å². The van der Waals surface area contributed by atoms with E-state index in [1.54, 1.807) is 0 Å². The van der Waals surface area contributed by atoms with Gasteiger partial charge in [0.1, 0.15) is 0 Å². The molecule has 1 aromatic heterocycles. The maximum atomic E-state index is 12.1. The molecular formula is C15H8F3NO6. The Morgan fingerprint density at radius 2 is 1.64 bits per heavy atom. The van der Waals surface area contributed by atoms with E-state index in [0.29, 0.717) is 0 Å². The summed E-state index contributed by atoms with van der Waals surface area (Å²) >= 11 is 0. The Hall–Kier alpha value is -3.30. The van der Waals surface area contributed by atoms with Gasteiger partial charge in [0, 0.05) is 6.07 Å². The molecule has 25 heavy (non-hydrogen) atoms. The second kappa shape index (κ2) is 5.96. The molecule has 0 N–H and O–H groups in total. The number of carbonyl (C=O) groups is 3. The van der Waals surface area contributed by atoms with Gasteiger partial charge in [-0.25, -0.2) is 4.79 Å². The molecule has 0 saturated heterocycles. The molecule has 7 nitrogen and oxygen atoms in total. The molecular weight excluding hydrogens is 347 g/mol. The highest BCUT2D eigenvalue weighted by Gasteiger charge is 2.39. The maximum Gasteiger partial charge on any atom is 0.422 e. The van der Waals surface area contributed by atoms with E-state index in [4.69, 9.17) is 4.42 Å². The van der Waals surface area contributed by atoms with Crippen LogP contribution in [0.5, 0.6) is 5.95 Å². The highest BCUT2D eigenvalue weighted by atomic mass is 19.4. The van der Waals surface area contributed by atoms with Crippen molar-refractivity contribution in [2.24, 2.45) is 0 Å². The van der Waals surface area contributed by atoms with E-state index in [-0.39, 0.29) is 16.2 Å². The number of amides is 2. The lowest BCUT2D eigenvalue weighted by molar-refractivity contribution is -0.156. The van der Waals surface area contributed by atoms with Crippen molar-refractivity contribution in [3.8, 4) is 5.95 Å². The molecule has 0 bridgehead atoms. The molecule has 0 unspecified atom stereocenters. The number of fused-ring (bicyclic) bond motifs is 1. The van der Waals surface area contributed by atoms with Gasteiger partial charge in [-0.3, -0.25) is 9.59 Å². The van der Waals surface area contributed by atoms with Crippen molar-refractivity contribution in [1.82, 2.24) is 5.06 Å². The summed E-state index contributed by atoms with van der Waals surface area (Å²) in [4.78, 5) is 40.7. The van der Waals surface area contributed by atoms with E-state index in [0.717, 1.165) is 12.1 Å². The first-order valence-electron chi connectivity index (χ1n) is 6.76. The smallest absolute Gasteiger partial charge is 0.422 e. The Bertz CT molecular complexity index is 822. The van der Waals surface area contributed by atoms with E-state index in [1.165, 1.54) is 24.3 Å². The van der Waals surface area contributed by atoms with E-state index in [1.807, 2.05) is 0 Å². The van der Waals surface area contributed by atoms with Crippen LogP contribution >= 0.6 is 0 Å². The Kier molecular flexibility index (Phi) is 3.95. The van der Waals surface area contributed by atoms with Crippen molar-refractivity contribution in [2.45, 2.75) is 6.18 Å². The fourth-order valence-electron chi connectivity index (χ4n) is 2.04. The molecule has 2 amide bonds. The quantitative estimate of drug-likeness (QED) is 0.784. The number of hydrogen-bond acceptors (Lipinski definition) is 6. The molecule has 3 rings (SSSR count). The fourth-order valence-corrected chi connectivity index (χ4v) is 2.04. The minimum atomic E-state index is -4.58. The van der Waals surface area contributed by atoms with Crippen molar-refractivity contribution in [3.05, 3.63) is 53.3 Å². The Morgan fingerprint density at radius 3 is 2.20 bits per heavy atom. The van der Waals surface area contributed by atoms with Crippen molar-refractivity contribution in [3.63, 3.8) is 0 Å². The summed E-state index contributed by atoms with van der Waals surface area (Å²) in [5.41, 5.74) is 0.128. The number of rotatable bonds is 4. The number of furan rings is 1. The monoisotopic (exact) mass is 355 g/mol. The van der Waals surface area contributed by atoms with Gasteiger partial charge in [-0.05, 0) is 18.2 Å². The standard InChI is InChI=1S/C15H8F3NO6/c16-15(17,18)7-23-11-6-5-10(24-11)14(22)25-19-12(20)8-3-1-2-4-9(8)13(19)21/h1-6H,7H2. The van der Waals surface area contributed by atoms with E-state index >= 15 is 0 Å². The number of halogens is 3. The van der Waals surface area contributed by atoms with Crippen LogP contribution in [0.3, 0.4) is 0 Å². The first kappa shape index (κ1) is 16.6. The summed E-state index contributed by atoms with van der Waals surface area (Å²) in [7, 11) is 0. The van der Waals surface area contributed by atoms with Crippen LogP contribution in [-0.4, -0.2) is 35.6 Å². The number of ether oxygens (including phenoxy) is 1. The van der Waals surface area contributed by atoms with Crippen LogP contribution in [0.25, 0.3) is 0 Å². The van der Waals surface area contributed by atoms with Crippen LogP contribution in [0.2, 0.25) is 0 Å². The molecule has 130 valence electrons. The minimum absolute atomic E-state index is 0.0638. The lowest BCUT2D eigenvalue weighted by atomic mass is 10.1. The summed E-state index contributed by atoms with van der Waals surface area (Å²) in [6, 6.07) is 7.81. The summed E-state index contributed by atoms with van der Waals surface area (Å²) in [6.45, 7) is -1.60. The Labute approximate surface area is 137 Å². The van der Waals surface area contributed by atoms with Gasteiger partial charge < -0.3 is 14.0 Å². The van der Waals surface area contributed by atoms with Gasteiger partial charge in [0.2, 0.25) is 5.76 Å². The van der Waals surface area contributed by atoms with Crippen molar-refractivity contribution in [2.75, 3.05) is 6.61 Å². The SMILES string of the molecule is O=C(ON1C(=O)c2ccccc2C1=O)c1ccc(OCC(F)(F)F)o1. The van der Waals surface area contributed by atoms with Gasteiger partial charge in [-0.2, -0.15) is 13.2 Å². The van der Waals surface area contributed by atoms with Crippen molar-refractivity contribution in [1.29, 1.82) is 0 Å². The molecule has 1 aliphatic rings. The van der Waals surface area contributed by atoms with E-state index in [9.17, 15) is 27.6 Å². The minimum Gasteiger partial charge on any atom is -0.455 e. The summed E-state index contributed by atoms with van der Waals surface area (Å²) < 4.78 is 45.2. The van der Waals surface area contributed by atoms with Gasteiger partial charge in [0.05, 0.1) is 11.1 Å². The van der Waals surface area contributed by atoms with Gasteiger partial charge in [-0.1, -0.05) is 17.2 Å². The lowest BCUT2D eigenvalue weighted by Gasteiger charge is -2.11. The van der Waals surface area contributed by atoms with Gasteiger partial charge in [-0.15, -0.1) is 0 Å². The van der Waals surface area contributed by atoms with Gasteiger partial charge in [0.15, 0.2) is 6.61 Å². The molecule has 10 heteroatoms. The van der Waals surface area contributed by atoms with E-state index < -0.39 is 42.3 Å². The summed E-state index contributed by atoms with van der Waals surface area (Å²) in [5.74, 6) is -4.01. The predicted octanol–water partition coefficient (Wildman–Crippen LogP) is 2.59. The third-order valence-corrected chi connectivity index (χ3v) is 3.09. The number of hydroxylamine groups is 2. The summed E-state index contributed by atoms with van der Waals surface area (Å²) in [6.07, 6.45) is -4.58. The molecule has 2 heterocycles. The average molecular weight is 355 g/mol. The predicted molar refractivity (Wildman–Crippen MR) is 72.6 cm³/mol. The van der Waals surface area contributed by atoms with Crippen molar-refractivity contribution >= 4 is 17.8 Å². The zero-order chi connectivity index (χ0) is 18.2. The van der Waals surface area contributed by atoms with Crippen LogP contribution in [-0.2, 0) is 4.84 Å². The number of hydrogen-bond donors (Lipinski definition) is 0. The van der Waals surface area contributed by atoms with Crippen LogP contribution in [0.15, 0.2) is 40.8 Å². The summed E-state index contributed by atoms with van der Waals surface area (Å²) in [5, 5.41) is 0.256. The highest BCUT2D eigenvalue weighted by Crippen LogP contribution is 2.25. The Balaban J connectivity index is 1.69. The molecule has 1 aromatic carbocycles. The van der Waals surface area contributed by atoms with Crippen molar-refractivity contribution < 1.29 is 41.5 Å². The third kappa shape index (κ3) is 3.32. The fraction of sp³-hybridized carbons (Fsp3) is 0.133. The van der Waals surface area contributed by atoms with E-state index in [2.05, 4.69) is 9.57 Å². The highest BCUT2D eigenvalue weighted by molar-refractivity contribution is 6.21. The normalized spacial score (nSPS) is 13.8. The first-order valence-corrected chi connectivity index (χ1v) is 6.76. The number of benzene rings is 1. The van der Waals surface area contributed by atoms with Gasteiger partial charge >= 0.3 is 12.1 Å². The van der Waals surface area contributed by atoms with Crippen LogP contribution in [0.4, 0.5) is 13.2 Å². The molecule has 1 aliphatic heterocycles. The number of nitrogens with zero attached hydrogens (tertiary/aromatic N) is 1. The zero-order valence-corrected chi connectivity index (χ0v) is 12.2. The second-order valence-electron chi connectivity index (χ2n) is 4.85. The topological polar surface area (TPSA) is 86.0 Å². The lowest BCUT2D eigenvalue weighted by Crippen LogP contribution is -2.32. The zero-order valence-electron chi connectivity index (χ0n) is 12.2. The number of alkyl halides is 3. The molecule has 0 saturated carbocycles.